The molecule has 0 saturated carbocycles. The lowest BCUT2D eigenvalue weighted by atomic mass is 10.3. The predicted octanol–water partition coefficient (Wildman–Crippen LogP) is 1.63. The number of unbranched alkanes of at least 4 members (excludes halogenated alkanes) is 2. The Hall–Kier alpha value is -1.04. The normalized spacial score (nSPS) is 10.2. The highest BCUT2D eigenvalue weighted by Crippen LogP contribution is 2.08. The molecule has 1 aromatic rings. The van der Waals surface area contributed by atoms with E-state index in [1.165, 1.54) is 19.0 Å². The van der Waals surface area contributed by atoms with E-state index in [4.69, 9.17) is 4.74 Å². The van der Waals surface area contributed by atoms with Crippen LogP contribution in [0.2, 0.25) is 0 Å². The van der Waals surface area contributed by atoms with Gasteiger partial charge in [0.05, 0.1) is 11.9 Å². The Morgan fingerprint density at radius 1 is 1.60 bits per heavy atom. The standard InChI is InChI=1S/C9H15N3O2S/c1-2-3-4-5-15-7-9(13)14-8-6-10-12-11-8/h6H,2-5,7H2,1H3,(H,10,11,12). The van der Waals surface area contributed by atoms with Crippen molar-refractivity contribution in [3.05, 3.63) is 6.20 Å². The largest absolute Gasteiger partial charge is 0.403 e. The van der Waals surface area contributed by atoms with Crippen LogP contribution >= 0.6 is 11.8 Å². The Morgan fingerprint density at radius 2 is 2.47 bits per heavy atom. The third kappa shape index (κ3) is 5.41. The van der Waals surface area contributed by atoms with Crippen LogP contribution in [0.1, 0.15) is 26.2 Å². The molecule has 6 heteroatoms. The molecule has 0 saturated heterocycles. The number of aromatic nitrogens is 3. The maximum atomic E-state index is 11.2. The van der Waals surface area contributed by atoms with E-state index in [9.17, 15) is 4.79 Å². The Kier molecular flexibility index (Phi) is 5.84. The van der Waals surface area contributed by atoms with Crippen LogP contribution < -0.4 is 4.74 Å². The van der Waals surface area contributed by atoms with Gasteiger partial charge in [-0.25, -0.2) is 0 Å². The van der Waals surface area contributed by atoms with Gasteiger partial charge >= 0.3 is 5.97 Å². The lowest BCUT2D eigenvalue weighted by Gasteiger charge is -2.00. The van der Waals surface area contributed by atoms with Crippen LogP contribution in [-0.4, -0.2) is 32.9 Å². The van der Waals surface area contributed by atoms with Crippen molar-refractivity contribution in [3.63, 3.8) is 0 Å². The van der Waals surface area contributed by atoms with Crippen molar-refractivity contribution in [1.82, 2.24) is 15.4 Å². The molecule has 1 N–H and O–H groups in total. The molecule has 0 bridgehead atoms. The van der Waals surface area contributed by atoms with Gasteiger partial charge in [-0.3, -0.25) is 9.89 Å². The van der Waals surface area contributed by atoms with Gasteiger partial charge in [0.15, 0.2) is 0 Å². The number of aromatic amines is 1. The third-order valence-electron chi connectivity index (χ3n) is 1.72. The Labute approximate surface area is 93.0 Å². The number of carbonyl (C=O) groups excluding carboxylic acids is 1. The molecule has 1 aromatic heterocycles. The smallest absolute Gasteiger partial charge is 0.322 e. The second-order valence-electron chi connectivity index (χ2n) is 3.05. The first-order chi connectivity index (χ1) is 7.33. The number of ether oxygens (including phenoxy) is 1. The minimum Gasteiger partial charge on any atom is -0.403 e. The number of nitrogens with one attached hydrogen (secondary N) is 1. The molecule has 0 amide bonds. The molecule has 0 aliphatic heterocycles. The molecule has 0 radical (unpaired) electrons. The number of carbonyl (C=O) groups is 1. The Bertz CT molecular complexity index is 277. The summed E-state index contributed by atoms with van der Waals surface area (Å²) in [6.45, 7) is 2.16. The lowest BCUT2D eigenvalue weighted by molar-refractivity contribution is -0.131. The summed E-state index contributed by atoms with van der Waals surface area (Å²) in [4.78, 5) is 11.2. The fourth-order valence-corrected chi connectivity index (χ4v) is 1.77. The first-order valence-electron chi connectivity index (χ1n) is 4.97. The lowest BCUT2D eigenvalue weighted by Crippen LogP contribution is -2.11. The Balaban J connectivity index is 2.04. The molecule has 0 aromatic carbocycles. The van der Waals surface area contributed by atoms with Crippen molar-refractivity contribution in [3.8, 4) is 5.88 Å². The molecule has 1 heterocycles. The van der Waals surface area contributed by atoms with E-state index in [2.05, 4.69) is 22.3 Å². The molecule has 84 valence electrons. The third-order valence-corrected chi connectivity index (χ3v) is 2.74. The highest BCUT2D eigenvalue weighted by atomic mass is 32.2. The number of rotatable bonds is 7. The highest BCUT2D eigenvalue weighted by Gasteiger charge is 2.06. The van der Waals surface area contributed by atoms with Gasteiger partial charge in [0.1, 0.15) is 0 Å². The van der Waals surface area contributed by atoms with E-state index in [0.717, 1.165) is 12.2 Å². The molecule has 15 heavy (non-hydrogen) atoms. The zero-order valence-corrected chi connectivity index (χ0v) is 9.55. The molecule has 0 aliphatic carbocycles. The number of hydrogen-bond donors (Lipinski definition) is 1. The summed E-state index contributed by atoms with van der Waals surface area (Å²) in [6, 6.07) is 0. The molecular formula is C9H15N3O2S. The molecular weight excluding hydrogens is 214 g/mol. The van der Waals surface area contributed by atoms with Gasteiger partial charge in [-0.2, -0.15) is 11.8 Å². The second kappa shape index (κ2) is 7.28. The molecule has 0 aliphatic rings. The average Bonchev–Trinajstić information content (AvgIpc) is 2.70. The number of nitrogens with zero attached hydrogens (tertiary/aromatic N) is 2. The van der Waals surface area contributed by atoms with Gasteiger partial charge in [0, 0.05) is 0 Å². The van der Waals surface area contributed by atoms with Crippen LogP contribution in [0.25, 0.3) is 0 Å². The topological polar surface area (TPSA) is 67.9 Å². The molecule has 0 spiro atoms. The van der Waals surface area contributed by atoms with Crippen LogP contribution in [0.5, 0.6) is 5.88 Å². The van der Waals surface area contributed by atoms with E-state index in [1.54, 1.807) is 11.8 Å². The van der Waals surface area contributed by atoms with E-state index < -0.39 is 0 Å². The van der Waals surface area contributed by atoms with Gasteiger partial charge in [-0.05, 0) is 12.2 Å². The van der Waals surface area contributed by atoms with Crippen molar-refractivity contribution >= 4 is 17.7 Å². The SMILES string of the molecule is CCCCCSCC(=O)Oc1c[nH]nn1. The fraction of sp³-hybridized carbons (Fsp3) is 0.667. The van der Waals surface area contributed by atoms with Crippen LogP contribution in [0, 0.1) is 0 Å². The van der Waals surface area contributed by atoms with E-state index in [1.807, 2.05) is 0 Å². The first-order valence-corrected chi connectivity index (χ1v) is 6.13. The average molecular weight is 229 g/mol. The van der Waals surface area contributed by atoms with Gasteiger partial charge in [-0.15, -0.1) is 0 Å². The van der Waals surface area contributed by atoms with Crippen molar-refractivity contribution in [2.24, 2.45) is 0 Å². The van der Waals surface area contributed by atoms with Crippen molar-refractivity contribution in [2.75, 3.05) is 11.5 Å². The van der Waals surface area contributed by atoms with Crippen molar-refractivity contribution < 1.29 is 9.53 Å². The predicted molar refractivity (Wildman–Crippen MR) is 58.9 cm³/mol. The van der Waals surface area contributed by atoms with E-state index in [-0.39, 0.29) is 11.8 Å². The van der Waals surface area contributed by atoms with Gasteiger partial charge in [0.25, 0.3) is 5.88 Å². The number of H-pyrrole nitrogens is 1. The highest BCUT2D eigenvalue weighted by molar-refractivity contribution is 7.99. The van der Waals surface area contributed by atoms with E-state index in [0.29, 0.717) is 5.75 Å². The summed E-state index contributed by atoms with van der Waals surface area (Å²) in [6.07, 6.45) is 5.01. The number of esters is 1. The first kappa shape index (κ1) is 12.0. The summed E-state index contributed by atoms with van der Waals surface area (Å²) < 4.78 is 4.90. The molecule has 1 rings (SSSR count). The van der Waals surface area contributed by atoms with Gasteiger partial charge in [-0.1, -0.05) is 30.1 Å². The number of hydrogen-bond acceptors (Lipinski definition) is 5. The van der Waals surface area contributed by atoms with Crippen LogP contribution in [0.3, 0.4) is 0 Å². The summed E-state index contributed by atoms with van der Waals surface area (Å²) in [5.74, 6) is 1.33. The monoisotopic (exact) mass is 229 g/mol. The molecule has 0 atom stereocenters. The van der Waals surface area contributed by atoms with Crippen LogP contribution in [0.15, 0.2) is 6.20 Å². The molecule has 0 fully saturated rings. The van der Waals surface area contributed by atoms with Crippen LogP contribution in [-0.2, 0) is 4.79 Å². The van der Waals surface area contributed by atoms with Gasteiger partial charge in [0.2, 0.25) is 0 Å². The van der Waals surface area contributed by atoms with E-state index >= 15 is 0 Å². The molecule has 5 nitrogen and oxygen atoms in total. The quantitative estimate of drug-likeness (QED) is 0.568. The zero-order valence-electron chi connectivity index (χ0n) is 8.73. The fourth-order valence-electron chi connectivity index (χ4n) is 0.997. The van der Waals surface area contributed by atoms with Crippen LogP contribution in [0.4, 0.5) is 0 Å². The minimum absolute atomic E-state index is 0.231. The summed E-state index contributed by atoms with van der Waals surface area (Å²) in [5, 5.41) is 9.47. The van der Waals surface area contributed by atoms with Crippen molar-refractivity contribution in [1.29, 1.82) is 0 Å². The Morgan fingerprint density at radius 3 is 3.13 bits per heavy atom. The maximum absolute atomic E-state index is 11.2. The van der Waals surface area contributed by atoms with Crippen molar-refractivity contribution in [2.45, 2.75) is 26.2 Å². The summed E-state index contributed by atoms with van der Waals surface area (Å²) in [7, 11) is 0. The second-order valence-corrected chi connectivity index (χ2v) is 4.15. The van der Waals surface area contributed by atoms with Gasteiger partial charge < -0.3 is 4.74 Å². The number of thioether (sulfide) groups is 1. The maximum Gasteiger partial charge on any atom is 0.322 e. The molecule has 0 unspecified atom stereocenters. The summed E-state index contributed by atoms with van der Waals surface area (Å²) in [5.41, 5.74) is 0. The summed E-state index contributed by atoms with van der Waals surface area (Å²) >= 11 is 1.59. The zero-order chi connectivity index (χ0) is 10.9. The minimum atomic E-state index is -0.273.